The number of aromatic carboxylic acids is 1. The summed E-state index contributed by atoms with van der Waals surface area (Å²) in [5, 5.41) is 14.7. The Labute approximate surface area is 93.9 Å². The number of rotatable bonds is 2. The number of nitrogens with zero attached hydrogens (tertiary/aromatic N) is 1. The Kier molecular flexibility index (Phi) is 2.51. The third-order valence-corrected chi connectivity index (χ3v) is 2.17. The van der Waals surface area contributed by atoms with Crippen LogP contribution in [0.1, 0.15) is 10.4 Å². The van der Waals surface area contributed by atoms with Crippen molar-refractivity contribution in [2.75, 3.05) is 5.73 Å². The van der Waals surface area contributed by atoms with Crippen LogP contribution in [-0.2, 0) is 0 Å². The fourth-order valence-electron chi connectivity index (χ4n) is 1.39. The molecule has 88 valence electrons. The van der Waals surface area contributed by atoms with E-state index in [1.54, 1.807) is 0 Å². The zero-order chi connectivity index (χ0) is 12.6. The largest absolute Gasteiger partial charge is 0.478 e. The second-order valence-corrected chi connectivity index (χ2v) is 3.32. The average Bonchev–Trinajstić information content (AvgIpc) is 2.64. The minimum atomic E-state index is -1.48. The van der Waals surface area contributed by atoms with E-state index in [-0.39, 0.29) is 17.1 Å². The highest BCUT2D eigenvalue weighted by Crippen LogP contribution is 2.25. The molecule has 0 saturated heterocycles. The summed E-state index contributed by atoms with van der Waals surface area (Å²) in [5.74, 6) is -3.38. The number of aromatic nitrogens is 2. The molecule has 4 N–H and O–H groups in total. The zero-order valence-electron chi connectivity index (χ0n) is 8.37. The van der Waals surface area contributed by atoms with Gasteiger partial charge in [-0.2, -0.15) is 5.10 Å². The van der Waals surface area contributed by atoms with Gasteiger partial charge < -0.3 is 10.8 Å². The van der Waals surface area contributed by atoms with Gasteiger partial charge in [-0.3, -0.25) is 5.10 Å². The van der Waals surface area contributed by atoms with Crippen LogP contribution >= 0.6 is 0 Å². The molecule has 0 aliphatic rings. The topological polar surface area (TPSA) is 92.0 Å². The van der Waals surface area contributed by atoms with Gasteiger partial charge in [-0.15, -0.1) is 0 Å². The van der Waals surface area contributed by atoms with E-state index < -0.39 is 23.2 Å². The Morgan fingerprint density at radius 1 is 1.29 bits per heavy atom. The highest BCUT2D eigenvalue weighted by molar-refractivity contribution is 5.89. The number of carbonyl (C=O) groups is 1. The summed E-state index contributed by atoms with van der Waals surface area (Å²) in [4.78, 5) is 10.7. The van der Waals surface area contributed by atoms with E-state index in [2.05, 4.69) is 10.2 Å². The van der Waals surface area contributed by atoms with E-state index in [1.807, 2.05) is 0 Å². The van der Waals surface area contributed by atoms with Crippen LogP contribution in [0.4, 0.5) is 14.6 Å². The van der Waals surface area contributed by atoms with Gasteiger partial charge in [0.1, 0.15) is 17.5 Å². The number of nitrogen functional groups attached to an aromatic ring is 1. The molecule has 2 aromatic rings. The molecule has 1 aromatic heterocycles. The van der Waals surface area contributed by atoms with Crippen molar-refractivity contribution in [1.82, 2.24) is 10.2 Å². The standard InChI is InChI=1S/C10H7F2N3O2/c11-6-2-7(12)5(10(16)17)1-4(6)8-3-9(13)15-14-8/h1-3H,(H,16,17)(H3,13,14,15). The van der Waals surface area contributed by atoms with Gasteiger partial charge in [0.05, 0.1) is 11.3 Å². The fourth-order valence-corrected chi connectivity index (χ4v) is 1.39. The van der Waals surface area contributed by atoms with Gasteiger partial charge in [0, 0.05) is 17.7 Å². The maximum absolute atomic E-state index is 13.5. The second kappa shape index (κ2) is 3.85. The van der Waals surface area contributed by atoms with Crippen molar-refractivity contribution in [1.29, 1.82) is 0 Å². The normalized spacial score (nSPS) is 10.5. The van der Waals surface area contributed by atoms with Gasteiger partial charge in [0.2, 0.25) is 0 Å². The van der Waals surface area contributed by atoms with Crippen LogP contribution in [0.25, 0.3) is 11.3 Å². The van der Waals surface area contributed by atoms with Gasteiger partial charge in [-0.25, -0.2) is 13.6 Å². The summed E-state index contributed by atoms with van der Waals surface area (Å²) in [5.41, 5.74) is 4.80. The summed E-state index contributed by atoms with van der Waals surface area (Å²) in [6.07, 6.45) is 0. The van der Waals surface area contributed by atoms with Crippen LogP contribution in [-0.4, -0.2) is 21.3 Å². The molecule has 0 bridgehead atoms. The number of halogens is 2. The quantitative estimate of drug-likeness (QED) is 0.742. The molecule has 1 aromatic carbocycles. The molecule has 2 rings (SSSR count). The molecule has 0 amide bonds. The molecule has 5 nitrogen and oxygen atoms in total. The van der Waals surface area contributed by atoms with Gasteiger partial charge >= 0.3 is 5.97 Å². The molecule has 17 heavy (non-hydrogen) atoms. The van der Waals surface area contributed by atoms with Crippen molar-refractivity contribution in [3.63, 3.8) is 0 Å². The van der Waals surface area contributed by atoms with Crippen molar-refractivity contribution in [3.05, 3.63) is 35.4 Å². The first-order chi connectivity index (χ1) is 7.99. The third-order valence-electron chi connectivity index (χ3n) is 2.17. The molecule has 0 radical (unpaired) electrons. The van der Waals surface area contributed by atoms with Crippen molar-refractivity contribution in [2.45, 2.75) is 0 Å². The number of nitrogens with two attached hydrogens (primary N) is 1. The summed E-state index contributed by atoms with van der Waals surface area (Å²) < 4.78 is 26.6. The van der Waals surface area contributed by atoms with Gasteiger partial charge in [0.15, 0.2) is 0 Å². The number of H-pyrrole nitrogens is 1. The molecule has 0 spiro atoms. The SMILES string of the molecule is Nc1cc(-c2cc(C(=O)O)c(F)cc2F)[nH]n1. The predicted molar refractivity (Wildman–Crippen MR) is 55.3 cm³/mol. The summed E-state index contributed by atoms with van der Waals surface area (Å²) in [6, 6.07) is 2.72. The number of carboxylic acid groups (broad SMARTS) is 1. The van der Waals surface area contributed by atoms with Crippen LogP contribution in [0, 0.1) is 11.6 Å². The molecule has 0 atom stereocenters. The smallest absolute Gasteiger partial charge is 0.338 e. The van der Waals surface area contributed by atoms with Crippen molar-refractivity contribution >= 4 is 11.8 Å². The Morgan fingerprint density at radius 2 is 2.00 bits per heavy atom. The summed E-state index contributed by atoms with van der Waals surface area (Å²) in [7, 11) is 0. The van der Waals surface area contributed by atoms with E-state index in [4.69, 9.17) is 10.8 Å². The molecule has 0 saturated carbocycles. The Bertz CT molecular complexity index is 595. The van der Waals surface area contributed by atoms with E-state index in [0.29, 0.717) is 6.07 Å². The first-order valence-corrected chi connectivity index (χ1v) is 4.52. The second-order valence-electron chi connectivity index (χ2n) is 3.32. The van der Waals surface area contributed by atoms with Crippen LogP contribution in [0.5, 0.6) is 0 Å². The first kappa shape index (κ1) is 11.1. The molecule has 7 heteroatoms. The van der Waals surface area contributed by atoms with E-state index >= 15 is 0 Å². The first-order valence-electron chi connectivity index (χ1n) is 4.52. The van der Waals surface area contributed by atoms with E-state index in [1.165, 1.54) is 6.07 Å². The lowest BCUT2D eigenvalue weighted by molar-refractivity contribution is 0.0692. The van der Waals surface area contributed by atoms with Crippen LogP contribution < -0.4 is 5.73 Å². The Morgan fingerprint density at radius 3 is 2.53 bits per heavy atom. The van der Waals surface area contributed by atoms with E-state index in [0.717, 1.165) is 6.07 Å². The summed E-state index contributed by atoms with van der Waals surface area (Å²) in [6.45, 7) is 0. The van der Waals surface area contributed by atoms with Crippen molar-refractivity contribution in [3.8, 4) is 11.3 Å². The molecular formula is C10H7F2N3O2. The monoisotopic (exact) mass is 239 g/mol. The fraction of sp³-hybridized carbons (Fsp3) is 0. The predicted octanol–water partition coefficient (Wildman–Crippen LogP) is 1.64. The average molecular weight is 239 g/mol. The lowest BCUT2D eigenvalue weighted by atomic mass is 10.1. The molecule has 0 unspecified atom stereocenters. The van der Waals surface area contributed by atoms with Crippen LogP contribution in [0.3, 0.4) is 0 Å². The van der Waals surface area contributed by atoms with E-state index in [9.17, 15) is 13.6 Å². The zero-order valence-corrected chi connectivity index (χ0v) is 8.37. The Hall–Kier alpha value is -2.44. The molecule has 0 fully saturated rings. The third kappa shape index (κ3) is 1.94. The van der Waals surface area contributed by atoms with Gasteiger partial charge in [-0.1, -0.05) is 0 Å². The van der Waals surface area contributed by atoms with Gasteiger partial charge in [-0.05, 0) is 6.07 Å². The maximum atomic E-state index is 13.5. The van der Waals surface area contributed by atoms with Crippen LogP contribution in [0.2, 0.25) is 0 Å². The molecular weight excluding hydrogens is 232 g/mol. The number of anilines is 1. The molecule has 1 heterocycles. The molecule has 0 aliphatic heterocycles. The Balaban J connectivity index is 2.62. The minimum Gasteiger partial charge on any atom is -0.478 e. The number of aromatic amines is 1. The highest BCUT2D eigenvalue weighted by atomic mass is 19.1. The minimum absolute atomic E-state index is 0.104. The number of carboxylic acids is 1. The number of benzene rings is 1. The van der Waals surface area contributed by atoms with Crippen LogP contribution in [0.15, 0.2) is 18.2 Å². The lowest BCUT2D eigenvalue weighted by Gasteiger charge is -2.03. The summed E-state index contributed by atoms with van der Waals surface area (Å²) >= 11 is 0. The number of nitrogens with one attached hydrogen (secondary N) is 1. The lowest BCUT2D eigenvalue weighted by Crippen LogP contribution is -2.02. The molecule has 0 aliphatic carbocycles. The van der Waals surface area contributed by atoms with Crippen molar-refractivity contribution < 1.29 is 18.7 Å². The highest BCUT2D eigenvalue weighted by Gasteiger charge is 2.17. The number of hydrogen-bond donors (Lipinski definition) is 3. The number of hydrogen-bond acceptors (Lipinski definition) is 3. The van der Waals surface area contributed by atoms with Crippen molar-refractivity contribution in [2.24, 2.45) is 0 Å². The van der Waals surface area contributed by atoms with Gasteiger partial charge in [0.25, 0.3) is 0 Å². The maximum Gasteiger partial charge on any atom is 0.338 e.